The van der Waals surface area contributed by atoms with Crippen LogP contribution in [0.15, 0.2) is 10.6 Å². The molecule has 1 aliphatic heterocycles. The lowest BCUT2D eigenvalue weighted by atomic mass is 10.1. The molecule has 0 radical (unpaired) electrons. The summed E-state index contributed by atoms with van der Waals surface area (Å²) >= 11 is 3.17. The highest BCUT2D eigenvalue weighted by atomic mass is 79.9. The average molecular weight is 275 g/mol. The van der Waals surface area contributed by atoms with E-state index in [-0.39, 0.29) is 12.1 Å². The number of hydrogen-bond donors (Lipinski definition) is 0. The van der Waals surface area contributed by atoms with Crippen molar-refractivity contribution < 1.29 is 9.53 Å². The summed E-state index contributed by atoms with van der Waals surface area (Å²) in [5.41, 5.74) is 0. The van der Waals surface area contributed by atoms with Crippen LogP contribution in [0.2, 0.25) is 0 Å². The van der Waals surface area contributed by atoms with E-state index >= 15 is 0 Å². The van der Waals surface area contributed by atoms with Gasteiger partial charge in [0.2, 0.25) is 0 Å². The SMILES string of the molecule is CCCCCCCCC1C=C(Br)C(=O)O1. The van der Waals surface area contributed by atoms with Crippen molar-refractivity contribution in [1.82, 2.24) is 0 Å². The number of ether oxygens (including phenoxy) is 1. The van der Waals surface area contributed by atoms with Gasteiger partial charge in [-0.05, 0) is 34.8 Å². The van der Waals surface area contributed by atoms with Crippen LogP contribution in [0.4, 0.5) is 0 Å². The van der Waals surface area contributed by atoms with Crippen LogP contribution in [0.1, 0.15) is 51.9 Å². The van der Waals surface area contributed by atoms with E-state index in [1.54, 1.807) is 0 Å². The van der Waals surface area contributed by atoms with Crippen molar-refractivity contribution in [3.05, 3.63) is 10.6 Å². The van der Waals surface area contributed by atoms with Gasteiger partial charge in [0.05, 0.1) is 0 Å². The van der Waals surface area contributed by atoms with Crippen molar-refractivity contribution in [2.75, 3.05) is 0 Å². The minimum atomic E-state index is -0.217. The molecule has 86 valence electrons. The monoisotopic (exact) mass is 274 g/mol. The fourth-order valence-electron chi connectivity index (χ4n) is 1.73. The normalized spacial score (nSPS) is 20.3. The third kappa shape index (κ3) is 4.83. The van der Waals surface area contributed by atoms with Crippen molar-refractivity contribution >= 4 is 21.9 Å². The Bertz CT molecular complexity index is 236. The molecule has 1 atom stereocenters. The number of rotatable bonds is 7. The Labute approximate surface area is 100 Å². The summed E-state index contributed by atoms with van der Waals surface area (Å²) < 4.78 is 5.70. The number of halogens is 1. The molecule has 0 aliphatic carbocycles. The number of hydrogen-bond acceptors (Lipinski definition) is 2. The molecule has 1 aliphatic rings. The standard InChI is InChI=1S/C12H19BrO2/c1-2-3-4-5-6-7-8-10-9-11(13)12(14)15-10/h9-10H,2-8H2,1H3. The predicted octanol–water partition coefficient (Wildman–Crippen LogP) is 3.94. The number of unbranched alkanes of at least 4 members (excludes halogenated alkanes) is 5. The Morgan fingerprint density at radius 1 is 1.27 bits per heavy atom. The van der Waals surface area contributed by atoms with Crippen LogP contribution in [0.5, 0.6) is 0 Å². The second kappa shape index (κ2) is 7.04. The zero-order valence-corrected chi connectivity index (χ0v) is 10.9. The molecule has 0 N–H and O–H groups in total. The number of esters is 1. The van der Waals surface area contributed by atoms with Crippen molar-refractivity contribution in [3.8, 4) is 0 Å². The van der Waals surface area contributed by atoms with Crippen LogP contribution in [-0.2, 0) is 9.53 Å². The van der Waals surface area contributed by atoms with Crippen LogP contribution in [0.25, 0.3) is 0 Å². The summed E-state index contributed by atoms with van der Waals surface area (Å²) in [6.07, 6.45) is 10.5. The van der Waals surface area contributed by atoms with Crippen LogP contribution in [0, 0.1) is 0 Å². The summed E-state index contributed by atoms with van der Waals surface area (Å²) in [6, 6.07) is 0. The molecule has 2 nitrogen and oxygen atoms in total. The van der Waals surface area contributed by atoms with Gasteiger partial charge in [0, 0.05) is 0 Å². The summed E-state index contributed by atoms with van der Waals surface area (Å²) in [6.45, 7) is 2.22. The van der Waals surface area contributed by atoms with Crippen molar-refractivity contribution in [2.45, 2.75) is 58.0 Å². The first-order valence-electron chi connectivity index (χ1n) is 5.82. The van der Waals surface area contributed by atoms with Gasteiger partial charge < -0.3 is 4.74 Å². The van der Waals surface area contributed by atoms with Gasteiger partial charge in [-0.25, -0.2) is 4.79 Å². The quantitative estimate of drug-likeness (QED) is 0.519. The third-order valence-electron chi connectivity index (χ3n) is 2.63. The number of cyclic esters (lactones) is 1. The topological polar surface area (TPSA) is 26.3 Å². The molecule has 0 saturated carbocycles. The third-order valence-corrected chi connectivity index (χ3v) is 3.22. The van der Waals surface area contributed by atoms with E-state index in [1.165, 1.54) is 32.1 Å². The van der Waals surface area contributed by atoms with Crippen LogP contribution < -0.4 is 0 Å². The minimum absolute atomic E-state index is 0.0121. The second-order valence-electron chi connectivity index (χ2n) is 4.01. The first-order valence-corrected chi connectivity index (χ1v) is 6.61. The maximum atomic E-state index is 11.0. The molecule has 0 bridgehead atoms. The van der Waals surface area contributed by atoms with Gasteiger partial charge in [-0.15, -0.1) is 0 Å². The maximum absolute atomic E-state index is 11.0. The highest BCUT2D eigenvalue weighted by molar-refractivity contribution is 9.12. The zero-order chi connectivity index (χ0) is 11.1. The second-order valence-corrected chi connectivity index (χ2v) is 4.87. The van der Waals surface area contributed by atoms with Gasteiger partial charge >= 0.3 is 5.97 Å². The van der Waals surface area contributed by atoms with Gasteiger partial charge in [-0.2, -0.15) is 0 Å². The molecule has 3 heteroatoms. The van der Waals surface area contributed by atoms with Gasteiger partial charge in [0.15, 0.2) is 0 Å². The zero-order valence-electron chi connectivity index (χ0n) is 9.30. The summed E-state index contributed by atoms with van der Waals surface area (Å²) in [5, 5.41) is 0. The van der Waals surface area contributed by atoms with E-state index in [2.05, 4.69) is 22.9 Å². The van der Waals surface area contributed by atoms with E-state index in [4.69, 9.17) is 4.74 Å². The highest BCUT2D eigenvalue weighted by Crippen LogP contribution is 2.22. The average Bonchev–Trinajstić information content (AvgIpc) is 2.52. The Hall–Kier alpha value is -0.310. The maximum Gasteiger partial charge on any atom is 0.345 e. The van der Waals surface area contributed by atoms with Crippen LogP contribution in [-0.4, -0.2) is 12.1 Å². The van der Waals surface area contributed by atoms with Crippen molar-refractivity contribution in [1.29, 1.82) is 0 Å². The lowest BCUT2D eigenvalue weighted by Crippen LogP contribution is -2.07. The van der Waals surface area contributed by atoms with Gasteiger partial charge in [-0.1, -0.05) is 39.0 Å². The molecule has 0 fully saturated rings. The lowest BCUT2D eigenvalue weighted by molar-refractivity contribution is -0.139. The van der Waals surface area contributed by atoms with E-state index in [0.717, 1.165) is 12.8 Å². The molecule has 1 heterocycles. The Morgan fingerprint density at radius 2 is 1.93 bits per heavy atom. The molecule has 0 aromatic heterocycles. The molecule has 0 aromatic rings. The smallest absolute Gasteiger partial charge is 0.345 e. The fraction of sp³-hybridized carbons (Fsp3) is 0.750. The van der Waals surface area contributed by atoms with E-state index in [0.29, 0.717) is 4.48 Å². The van der Waals surface area contributed by atoms with Crippen LogP contribution in [0.3, 0.4) is 0 Å². The molecule has 0 amide bonds. The van der Waals surface area contributed by atoms with Crippen molar-refractivity contribution in [3.63, 3.8) is 0 Å². The minimum Gasteiger partial charge on any atom is -0.454 e. The van der Waals surface area contributed by atoms with Gasteiger partial charge in [-0.3, -0.25) is 0 Å². The van der Waals surface area contributed by atoms with Gasteiger partial charge in [0.1, 0.15) is 10.6 Å². The molecule has 0 spiro atoms. The molecular formula is C12H19BrO2. The summed E-state index contributed by atoms with van der Waals surface area (Å²) in [4.78, 5) is 11.0. The number of carbonyl (C=O) groups is 1. The van der Waals surface area contributed by atoms with Gasteiger partial charge in [0.25, 0.3) is 0 Å². The molecule has 15 heavy (non-hydrogen) atoms. The predicted molar refractivity (Wildman–Crippen MR) is 64.9 cm³/mol. The Balaban J connectivity index is 2.00. The molecule has 1 unspecified atom stereocenters. The first kappa shape index (κ1) is 12.8. The molecule has 0 saturated heterocycles. The summed E-state index contributed by atoms with van der Waals surface area (Å²) in [7, 11) is 0. The highest BCUT2D eigenvalue weighted by Gasteiger charge is 2.22. The Morgan fingerprint density at radius 3 is 2.53 bits per heavy atom. The fourth-order valence-corrected chi connectivity index (χ4v) is 2.12. The molecular weight excluding hydrogens is 256 g/mol. The van der Waals surface area contributed by atoms with E-state index < -0.39 is 0 Å². The summed E-state index contributed by atoms with van der Waals surface area (Å²) in [5.74, 6) is -0.217. The molecule has 0 aromatic carbocycles. The van der Waals surface area contributed by atoms with Crippen LogP contribution >= 0.6 is 15.9 Å². The van der Waals surface area contributed by atoms with Crippen molar-refractivity contribution in [2.24, 2.45) is 0 Å². The number of carbonyl (C=O) groups excluding carboxylic acids is 1. The lowest BCUT2D eigenvalue weighted by Gasteiger charge is -2.07. The van der Waals surface area contributed by atoms with E-state index in [1.807, 2.05) is 6.08 Å². The first-order chi connectivity index (χ1) is 7.24. The van der Waals surface area contributed by atoms with E-state index in [9.17, 15) is 4.79 Å². The Kier molecular flexibility index (Phi) is 5.99. The molecule has 1 rings (SSSR count). The largest absolute Gasteiger partial charge is 0.454 e.